The molecular formula is C16H18F3NO3S. The number of fused-ring (bicyclic) bond motifs is 2. The predicted octanol–water partition coefficient (Wildman–Crippen LogP) is 3.29. The highest BCUT2D eigenvalue weighted by Gasteiger charge is 2.40. The summed E-state index contributed by atoms with van der Waals surface area (Å²) in [6.45, 7) is -1.41. The van der Waals surface area contributed by atoms with Crippen LogP contribution in [-0.4, -0.2) is 38.3 Å². The first kappa shape index (κ1) is 17.4. The zero-order valence-electron chi connectivity index (χ0n) is 12.9. The molecule has 4 nitrogen and oxygen atoms in total. The van der Waals surface area contributed by atoms with Gasteiger partial charge in [0, 0.05) is 45.0 Å². The standard InChI is InChI=1S/C16H18F3NO3S/c17-16(18,19)9-23-14-5-4-10(8-20-14)15(21)11-6-12-2-1-3-13(7-11)24(12)22/h4-5,8,11-13H,1-3,6-7,9H2. The molecule has 2 aliphatic heterocycles. The molecule has 8 heteroatoms. The lowest BCUT2D eigenvalue weighted by Crippen LogP contribution is -2.41. The van der Waals surface area contributed by atoms with E-state index < -0.39 is 23.6 Å². The Bertz CT molecular complexity index is 616. The van der Waals surface area contributed by atoms with Gasteiger partial charge in [-0.1, -0.05) is 6.42 Å². The second-order valence-corrected chi connectivity index (χ2v) is 8.32. The maximum Gasteiger partial charge on any atom is 0.422 e. The van der Waals surface area contributed by atoms with Gasteiger partial charge in [0.05, 0.1) is 0 Å². The van der Waals surface area contributed by atoms with Gasteiger partial charge in [0.15, 0.2) is 12.4 Å². The molecule has 1 aromatic heterocycles. The largest absolute Gasteiger partial charge is 0.468 e. The summed E-state index contributed by atoms with van der Waals surface area (Å²) in [7, 11) is -0.839. The van der Waals surface area contributed by atoms with E-state index in [-0.39, 0.29) is 28.1 Å². The smallest absolute Gasteiger partial charge is 0.422 e. The Morgan fingerprint density at radius 2 is 1.92 bits per heavy atom. The van der Waals surface area contributed by atoms with E-state index in [0.29, 0.717) is 18.4 Å². The van der Waals surface area contributed by atoms with Crippen LogP contribution in [0.5, 0.6) is 5.88 Å². The SMILES string of the molecule is O=C(c1ccc(OCC(F)(F)F)nc1)C1CC2CCCC(C1)S2=O. The Morgan fingerprint density at radius 1 is 1.25 bits per heavy atom. The minimum Gasteiger partial charge on any atom is -0.468 e. The molecule has 3 rings (SSSR count). The van der Waals surface area contributed by atoms with Crippen LogP contribution in [-0.2, 0) is 10.8 Å². The van der Waals surface area contributed by atoms with Crippen LogP contribution in [0.3, 0.4) is 0 Å². The summed E-state index contributed by atoms with van der Waals surface area (Å²) in [5.41, 5.74) is 0.366. The van der Waals surface area contributed by atoms with Gasteiger partial charge in [-0.2, -0.15) is 13.2 Å². The van der Waals surface area contributed by atoms with Gasteiger partial charge < -0.3 is 4.74 Å². The molecule has 0 spiro atoms. The lowest BCUT2D eigenvalue weighted by molar-refractivity contribution is -0.154. The predicted molar refractivity (Wildman–Crippen MR) is 82.4 cm³/mol. The van der Waals surface area contributed by atoms with Crippen molar-refractivity contribution < 1.29 is 26.9 Å². The summed E-state index contributed by atoms with van der Waals surface area (Å²) in [6.07, 6.45) is 0.934. The lowest BCUT2D eigenvalue weighted by Gasteiger charge is -2.37. The molecule has 0 amide bonds. The van der Waals surface area contributed by atoms with Gasteiger partial charge in [-0.25, -0.2) is 4.98 Å². The third-order valence-corrected chi connectivity index (χ3v) is 6.75. The van der Waals surface area contributed by atoms with Gasteiger partial charge in [0.1, 0.15) is 0 Å². The summed E-state index contributed by atoms with van der Waals surface area (Å²) in [4.78, 5) is 16.4. The molecule has 3 heterocycles. The Kier molecular flexibility index (Phi) is 4.94. The molecule has 0 radical (unpaired) electrons. The number of alkyl halides is 3. The highest BCUT2D eigenvalue weighted by molar-refractivity contribution is 7.86. The van der Waals surface area contributed by atoms with Crippen LogP contribution in [0.1, 0.15) is 42.5 Å². The second kappa shape index (κ2) is 6.82. The Morgan fingerprint density at radius 3 is 2.46 bits per heavy atom. The topological polar surface area (TPSA) is 56.3 Å². The van der Waals surface area contributed by atoms with Crippen molar-refractivity contribution in [1.82, 2.24) is 4.98 Å². The number of pyridine rings is 1. The van der Waals surface area contributed by atoms with E-state index >= 15 is 0 Å². The Labute approximate surface area is 140 Å². The van der Waals surface area contributed by atoms with Crippen LogP contribution in [0.15, 0.2) is 18.3 Å². The average molecular weight is 361 g/mol. The van der Waals surface area contributed by atoms with Crippen LogP contribution >= 0.6 is 0 Å². The fraction of sp³-hybridized carbons (Fsp3) is 0.625. The highest BCUT2D eigenvalue weighted by atomic mass is 32.2. The van der Waals surface area contributed by atoms with E-state index in [1.54, 1.807) is 0 Å². The third kappa shape index (κ3) is 3.96. The molecule has 2 bridgehead atoms. The van der Waals surface area contributed by atoms with Crippen LogP contribution < -0.4 is 4.74 Å². The fourth-order valence-electron chi connectivity index (χ4n) is 3.45. The van der Waals surface area contributed by atoms with Gasteiger partial charge in [-0.3, -0.25) is 9.00 Å². The molecule has 2 unspecified atom stereocenters. The number of ketones is 1. The Hall–Kier alpha value is -1.44. The molecule has 0 saturated carbocycles. The van der Waals surface area contributed by atoms with Gasteiger partial charge in [-0.15, -0.1) is 0 Å². The molecule has 2 saturated heterocycles. The maximum absolute atomic E-state index is 12.6. The van der Waals surface area contributed by atoms with Crippen molar-refractivity contribution in [3.8, 4) is 5.88 Å². The quantitative estimate of drug-likeness (QED) is 0.773. The van der Waals surface area contributed by atoms with Crippen molar-refractivity contribution in [2.45, 2.75) is 48.8 Å². The number of hydrogen-bond acceptors (Lipinski definition) is 4. The molecule has 0 aromatic carbocycles. The molecule has 0 aliphatic carbocycles. The van der Waals surface area contributed by atoms with Crippen LogP contribution in [0, 0.1) is 5.92 Å². The minimum atomic E-state index is -4.42. The molecule has 132 valence electrons. The monoisotopic (exact) mass is 361 g/mol. The second-order valence-electron chi connectivity index (χ2n) is 6.32. The normalized spacial score (nSPS) is 30.0. The number of carbonyl (C=O) groups is 1. The van der Waals surface area contributed by atoms with E-state index in [1.165, 1.54) is 18.3 Å². The van der Waals surface area contributed by atoms with Gasteiger partial charge in [0.2, 0.25) is 5.88 Å². The number of hydrogen-bond donors (Lipinski definition) is 0. The Balaban J connectivity index is 1.64. The summed E-state index contributed by atoms with van der Waals surface area (Å²) >= 11 is 0. The third-order valence-electron chi connectivity index (χ3n) is 4.58. The molecule has 2 fully saturated rings. The van der Waals surface area contributed by atoms with E-state index in [0.717, 1.165) is 19.3 Å². The molecule has 2 aliphatic rings. The number of aromatic nitrogens is 1. The zero-order valence-corrected chi connectivity index (χ0v) is 13.7. The average Bonchev–Trinajstić information content (AvgIpc) is 2.52. The fourth-order valence-corrected chi connectivity index (χ4v) is 5.64. The first-order chi connectivity index (χ1) is 11.3. The minimum absolute atomic E-state index is 0.0709. The highest BCUT2D eigenvalue weighted by Crippen LogP contribution is 2.38. The zero-order chi connectivity index (χ0) is 17.3. The first-order valence-corrected chi connectivity index (χ1v) is 9.20. The van der Waals surface area contributed by atoms with E-state index in [9.17, 15) is 22.2 Å². The number of ether oxygens (including phenoxy) is 1. The number of halogens is 3. The molecule has 0 N–H and O–H groups in total. The van der Waals surface area contributed by atoms with E-state index in [2.05, 4.69) is 9.72 Å². The maximum atomic E-state index is 12.6. The van der Waals surface area contributed by atoms with Gasteiger partial charge in [0.25, 0.3) is 0 Å². The van der Waals surface area contributed by atoms with Gasteiger partial charge >= 0.3 is 6.18 Å². The lowest BCUT2D eigenvalue weighted by atomic mass is 9.85. The number of rotatable bonds is 4. The molecular weight excluding hydrogens is 343 g/mol. The van der Waals surface area contributed by atoms with Crippen LogP contribution in [0.4, 0.5) is 13.2 Å². The van der Waals surface area contributed by atoms with Crippen LogP contribution in [0.25, 0.3) is 0 Å². The first-order valence-electron chi connectivity index (χ1n) is 7.92. The summed E-state index contributed by atoms with van der Waals surface area (Å²) in [5.74, 6) is -0.411. The van der Waals surface area contributed by atoms with Gasteiger partial charge in [-0.05, 0) is 31.7 Å². The molecule has 1 aromatic rings. The van der Waals surface area contributed by atoms with Crippen molar-refractivity contribution in [3.63, 3.8) is 0 Å². The van der Waals surface area contributed by atoms with Crippen molar-refractivity contribution in [2.75, 3.05) is 6.61 Å². The summed E-state index contributed by atoms with van der Waals surface area (Å²) in [5, 5.41) is 0.183. The number of nitrogens with zero attached hydrogens (tertiary/aromatic N) is 1. The number of carbonyl (C=O) groups excluding carboxylic acids is 1. The van der Waals surface area contributed by atoms with Crippen molar-refractivity contribution >= 4 is 16.6 Å². The van der Waals surface area contributed by atoms with E-state index in [4.69, 9.17) is 0 Å². The van der Waals surface area contributed by atoms with E-state index in [1.807, 2.05) is 0 Å². The summed E-state index contributed by atoms with van der Waals surface area (Å²) in [6, 6.07) is 2.73. The number of Topliss-reactive ketones (excluding diaryl/α,β-unsaturated/α-hetero) is 1. The molecule has 2 atom stereocenters. The molecule has 24 heavy (non-hydrogen) atoms. The van der Waals surface area contributed by atoms with Crippen molar-refractivity contribution in [1.29, 1.82) is 0 Å². The summed E-state index contributed by atoms with van der Waals surface area (Å²) < 4.78 is 53.0. The van der Waals surface area contributed by atoms with Crippen LogP contribution in [0.2, 0.25) is 0 Å². The van der Waals surface area contributed by atoms with Crippen molar-refractivity contribution in [3.05, 3.63) is 23.9 Å². The van der Waals surface area contributed by atoms with Crippen molar-refractivity contribution in [2.24, 2.45) is 5.92 Å².